The second-order valence-corrected chi connectivity index (χ2v) is 3.93. The molecule has 1 aliphatic rings. The highest BCUT2D eigenvalue weighted by Crippen LogP contribution is 2.23. The zero-order valence-electron chi connectivity index (χ0n) is 10.2. The summed E-state index contributed by atoms with van der Waals surface area (Å²) in [6.07, 6.45) is 0.292. The van der Waals surface area contributed by atoms with Gasteiger partial charge in [0, 0.05) is 20.0 Å². The van der Waals surface area contributed by atoms with Crippen LogP contribution in [0.15, 0.2) is 4.42 Å². The number of amides is 2. The lowest BCUT2D eigenvalue weighted by atomic mass is 10.2. The molecule has 0 radical (unpaired) electrons. The number of methoxy groups -OCH3 is 1. The van der Waals surface area contributed by atoms with Crippen molar-refractivity contribution in [3.63, 3.8) is 0 Å². The molecule has 1 aromatic heterocycles. The van der Waals surface area contributed by atoms with E-state index in [0.717, 1.165) is 6.41 Å². The van der Waals surface area contributed by atoms with E-state index in [9.17, 15) is 9.59 Å². The first-order chi connectivity index (χ1) is 8.65. The fourth-order valence-corrected chi connectivity index (χ4v) is 1.88. The van der Waals surface area contributed by atoms with Crippen LogP contribution in [0.3, 0.4) is 0 Å². The van der Waals surface area contributed by atoms with Gasteiger partial charge in [0.2, 0.25) is 18.2 Å². The minimum absolute atomic E-state index is 0.285. The summed E-state index contributed by atoms with van der Waals surface area (Å²) in [5, 5.41) is 7.62. The van der Waals surface area contributed by atoms with Crippen LogP contribution in [-0.2, 0) is 9.53 Å². The monoisotopic (exact) mass is 254 g/mol. The maximum Gasteiger partial charge on any atom is 0.409 e. The molecule has 2 heterocycles. The van der Waals surface area contributed by atoms with E-state index in [1.54, 1.807) is 6.92 Å². The van der Waals surface area contributed by atoms with E-state index in [4.69, 9.17) is 4.42 Å². The number of aromatic nitrogens is 2. The average molecular weight is 254 g/mol. The van der Waals surface area contributed by atoms with E-state index in [0.29, 0.717) is 24.9 Å². The van der Waals surface area contributed by atoms with Gasteiger partial charge in [-0.2, -0.15) is 0 Å². The molecular formula is C10H14N4O4. The van der Waals surface area contributed by atoms with Crippen LogP contribution < -0.4 is 0 Å². The number of carbonyl (C=O) groups is 2. The number of hydrogen-bond donors (Lipinski definition) is 0. The van der Waals surface area contributed by atoms with E-state index in [-0.39, 0.29) is 6.54 Å². The van der Waals surface area contributed by atoms with Crippen molar-refractivity contribution in [2.24, 2.45) is 0 Å². The lowest BCUT2D eigenvalue weighted by Gasteiger charge is -2.36. The van der Waals surface area contributed by atoms with Crippen LogP contribution in [0.25, 0.3) is 0 Å². The van der Waals surface area contributed by atoms with Crippen molar-refractivity contribution in [1.82, 2.24) is 20.0 Å². The molecule has 0 aromatic carbocycles. The predicted octanol–water partition coefficient (Wildman–Crippen LogP) is -0.0405. The number of rotatable bonds is 2. The second-order valence-electron chi connectivity index (χ2n) is 3.93. The van der Waals surface area contributed by atoms with Crippen molar-refractivity contribution >= 4 is 12.5 Å². The molecule has 0 aliphatic carbocycles. The Balaban J connectivity index is 2.18. The number of nitrogens with zero attached hydrogens (tertiary/aromatic N) is 4. The van der Waals surface area contributed by atoms with Crippen LogP contribution in [0.4, 0.5) is 4.79 Å². The third-order valence-electron chi connectivity index (χ3n) is 2.82. The maximum absolute atomic E-state index is 11.5. The van der Waals surface area contributed by atoms with Gasteiger partial charge in [0.1, 0.15) is 6.04 Å². The molecule has 1 aliphatic heterocycles. The highest BCUT2D eigenvalue weighted by Gasteiger charge is 2.33. The highest BCUT2D eigenvalue weighted by atomic mass is 16.5. The predicted molar refractivity (Wildman–Crippen MR) is 58.5 cm³/mol. The Bertz CT molecular complexity index is 447. The largest absolute Gasteiger partial charge is 0.453 e. The molecular weight excluding hydrogens is 240 g/mol. The van der Waals surface area contributed by atoms with Crippen molar-refractivity contribution in [2.45, 2.75) is 13.0 Å². The van der Waals surface area contributed by atoms with Crippen LogP contribution >= 0.6 is 0 Å². The summed E-state index contributed by atoms with van der Waals surface area (Å²) in [5.74, 6) is 0.749. The Morgan fingerprint density at radius 1 is 1.50 bits per heavy atom. The van der Waals surface area contributed by atoms with Gasteiger partial charge in [-0.1, -0.05) is 0 Å². The number of piperazine rings is 1. The summed E-state index contributed by atoms with van der Waals surface area (Å²) in [6, 6.07) is -0.420. The fourth-order valence-electron chi connectivity index (χ4n) is 1.88. The standard InChI is InChI=1S/C10H14N4O4/c1-7-11-12-9(18-7)8-5-13(10(16)17-2)3-4-14(8)6-15/h6,8H,3-5H2,1-2H3. The third kappa shape index (κ3) is 2.27. The van der Waals surface area contributed by atoms with Gasteiger partial charge in [0.25, 0.3) is 0 Å². The molecule has 8 heteroatoms. The van der Waals surface area contributed by atoms with Crippen molar-refractivity contribution in [1.29, 1.82) is 0 Å². The minimum atomic E-state index is -0.429. The SMILES string of the molecule is COC(=O)N1CCN(C=O)C(c2nnc(C)o2)C1. The van der Waals surface area contributed by atoms with Crippen molar-refractivity contribution in [3.05, 3.63) is 11.8 Å². The van der Waals surface area contributed by atoms with Crippen LogP contribution in [0, 0.1) is 6.92 Å². The first kappa shape index (κ1) is 12.3. The first-order valence-electron chi connectivity index (χ1n) is 5.49. The van der Waals surface area contributed by atoms with E-state index >= 15 is 0 Å². The zero-order valence-corrected chi connectivity index (χ0v) is 10.2. The van der Waals surface area contributed by atoms with Gasteiger partial charge in [0.15, 0.2) is 0 Å². The second kappa shape index (κ2) is 5.03. The van der Waals surface area contributed by atoms with E-state index in [1.807, 2.05) is 0 Å². The molecule has 18 heavy (non-hydrogen) atoms. The molecule has 1 saturated heterocycles. The molecule has 0 bridgehead atoms. The summed E-state index contributed by atoms with van der Waals surface area (Å²) in [6.45, 7) is 2.79. The summed E-state index contributed by atoms with van der Waals surface area (Å²) >= 11 is 0. The average Bonchev–Trinajstić information content (AvgIpc) is 2.83. The molecule has 0 saturated carbocycles. The van der Waals surface area contributed by atoms with Crippen LogP contribution in [0.1, 0.15) is 17.8 Å². The summed E-state index contributed by atoms with van der Waals surface area (Å²) in [5.41, 5.74) is 0. The first-order valence-corrected chi connectivity index (χ1v) is 5.49. The summed E-state index contributed by atoms with van der Waals surface area (Å²) < 4.78 is 9.98. The van der Waals surface area contributed by atoms with E-state index in [1.165, 1.54) is 16.9 Å². The van der Waals surface area contributed by atoms with Gasteiger partial charge in [-0.15, -0.1) is 10.2 Å². The topological polar surface area (TPSA) is 88.8 Å². The normalized spacial score (nSPS) is 19.8. The number of hydrogen-bond acceptors (Lipinski definition) is 6. The number of ether oxygens (including phenoxy) is 1. The Labute approximate surface area is 104 Å². The quantitative estimate of drug-likeness (QED) is 0.688. The van der Waals surface area contributed by atoms with Crippen molar-refractivity contribution in [2.75, 3.05) is 26.7 Å². The lowest BCUT2D eigenvalue weighted by molar-refractivity contribution is -0.123. The van der Waals surface area contributed by atoms with E-state index < -0.39 is 12.1 Å². The minimum Gasteiger partial charge on any atom is -0.453 e. The van der Waals surface area contributed by atoms with Crippen molar-refractivity contribution in [3.8, 4) is 0 Å². The third-order valence-corrected chi connectivity index (χ3v) is 2.82. The molecule has 8 nitrogen and oxygen atoms in total. The van der Waals surface area contributed by atoms with Gasteiger partial charge in [-0.3, -0.25) is 4.79 Å². The zero-order chi connectivity index (χ0) is 13.1. The van der Waals surface area contributed by atoms with Gasteiger partial charge in [0.05, 0.1) is 13.7 Å². The Morgan fingerprint density at radius 3 is 2.83 bits per heavy atom. The van der Waals surface area contributed by atoms with Crippen LogP contribution in [-0.4, -0.2) is 59.2 Å². The number of aryl methyl sites for hydroxylation is 1. The van der Waals surface area contributed by atoms with Gasteiger partial charge >= 0.3 is 6.09 Å². The fraction of sp³-hybridized carbons (Fsp3) is 0.600. The van der Waals surface area contributed by atoms with Crippen molar-refractivity contribution < 1.29 is 18.7 Å². The molecule has 1 aromatic rings. The lowest BCUT2D eigenvalue weighted by Crippen LogP contribution is -2.50. The molecule has 98 valence electrons. The van der Waals surface area contributed by atoms with Gasteiger partial charge < -0.3 is 19.0 Å². The molecule has 2 rings (SSSR count). The maximum atomic E-state index is 11.5. The summed E-state index contributed by atoms with van der Waals surface area (Å²) in [4.78, 5) is 25.5. The Kier molecular flexibility index (Phi) is 3.45. The van der Waals surface area contributed by atoms with Gasteiger partial charge in [-0.25, -0.2) is 4.79 Å². The molecule has 0 N–H and O–H groups in total. The van der Waals surface area contributed by atoms with Gasteiger partial charge in [-0.05, 0) is 0 Å². The Morgan fingerprint density at radius 2 is 2.28 bits per heavy atom. The Hall–Kier alpha value is -2.12. The molecule has 1 fully saturated rings. The van der Waals surface area contributed by atoms with E-state index in [2.05, 4.69) is 14.9 Å². The molecule has 1 atom stereocenters. The van der Waals surface area contributed by atoms with Crippen LogP contribution in [0.5, 0.6) is 0 Å². The number of carbonyl (C=O) groups excluding carboxylic acids is 2. The smallest absolute Gasteiger partial charge is 0.409 e. The molecule has 1 unspecified atom stereocenters. The summed E-state index contributed by atoms with van der Waals surface area (Å²) in [7, 11) is 1.32. The molecule has 0 spiro atoms. The molecule has 2 amide bonds. The highest BCUT2D eigenvalue weighted by molar-refractivity contribution is 5.68. The van der Waals surface area contributed by atoms with Crippen LogP contribution in [0.2, 0.25) is 0 Å².